The molecule has 0 saturated carbocycles. The Bertz CT molecular complexity index is 465. The van der Waals surface area contributed by atoms with E-state index in [1.165, 1.54) is 19.3 Å². The predicted octanol–water partition coefficient (Wildman–Crippen LogP) is 1.57. The first kappa shape index (κ1) is 13.9. The Labute approximate surface area is 115 Å². The van der Waals surface area contributed by atoms with Gasteiger partial charge in [-0.15, -0.1) is 0 Å². The van der Waals surface area contributed by atoms with Crippen molar-refractivity contribution in [2.75, 3.05) is 24.5 Å². The van der Waals surface area contributed by atoms with Crippen molar-refractivity contribution < 1.29 is 0 Å². The lowest BCUT2D eigenvalue weighted by molar-refractivity contribution is 0.398. The van der Waals surface area contributed by atoms with Gasteiger partial charge < -0.3 is 10.2 Å². The molecule has 0 aliphatic carbocycles. The zero-order chi connectivity index (χ0) is 13.8. The molecule has 1 fully saturated rings. The summed E-state index contributed by atoms with van der Waals surface area (Å²) in [5.74, 6) is 0.954. The molecule has 1 aromatic heterocycles. The zero-order valence-electron chi connectivity index (χ0n) is 12.1. The van der Waals surface area contributed by atoms with Gasteiger partial charge in [0.05, 0.1) is 5.69 Å². The Morgan fingerprint density at radius 1 is 1.53 bits per heavy atom. The van der Waals surface area contributed by atoms with Gasteiger partial charge in [-0.2, -0.15) is 10.4 Å². The number of nitriles is 1. The number of anilines is 1. The van der Waals surface area contributed by atoms with Gasteiger partial charge in [-0.05, 0) is 33.2 Å². The van der Waals surface area contributed by atoms with E-state index in [9.17, 15) is 5.26 Å². The summed E-state index contributed by atoms with van der Waals surface area (Å²) in [5, 5.41) is 17.3. The minimum Gasteiger partial charge on any atom is -0.354 e. The molecule has 0 spiro atoms. The van der Waals surface area contributed by atoms with Gasteiger partial charge in [-0.3, -0.25) is 4.68 Å². The van der Waals surface area contributed by atoms with Crippen molar-refractivity contribution in [1.82, 2.24) is 15.1 Å². The van der Waals surface area contributed by atoms with Crippen molar-refractivity contribution in [1.29, 1.82) is 5.26 Å². The standard InChI is InChI=1S/C14H23N5/c1-4-19(10-12-7-5-6-8-16-12)14-13(9-15)11(2)17-18(14)3/h12,16H,4-8,10H2,1-3H3. The normalized spacial score (nSPS) is 19.2. The van der Waals surface area contributed by atoms with Crippen LogP contribution < -0.4 is 10.2 Å². The van der Waals surface area contributed by atoms with E-state index in [0.717, 1.165) is 31.1 Å². The van der Waals surface area contributed by atoms with Crippen molar-refractivity contribution in [3.8, 4) is 6.07 Å². The van der Waals surface area contributed by atoms with Crippen LogP contribution >= 0.6 is 0 Å². The molecule has 2 heterocycles. The average Bonchev–Trinajstić information content (AvgIpc) is 2.71. The molecule has 0 bridgehead atoms. The molecule has 5 heteroatoms. The second-order valence-electron chi connectivity index (χ2n) is 5.20. The molecule has 1 N–H and O–H groups in total. The number of likely N-dealkylation sites (N-methyl/N-ethyl adjacent to an activating group) is 1. The van der Waals surface area contributed by atoms with E-state index in [1.807, 2.05) is 18.7 Å². The topological polar surface area (TPSA) is 56.9 Å². The van der Waals surface area contributed by atoms with Gasteiger partial charge in [-0.1, -0.05) is 6.42 Å². The molecule has 1 aromatic rings. The van der Waals surface area contributed by atoms with E-state index >= 15 is 0 Å². The smallest absolute Gasteiger partial charge is 0.145 e. The molecular weight excluding hydrogens is 238 g/mol. The minimum atomic E-state index is 0.524. The number of nitrogens with one attached hydrogen (secondary N) is 1. The largest absolute Gasteiger partial charge is 0.354 e. The molecule has 104 valence electrons. The maximum absolute atomic E-state index is 9.32. The number of hydrogen-bond acceptors (Lipinski definition) is 4. The summed E-state index contributed by atoms with van der Waals surface area (Å²) in [7, 11) is 1.92. The SMILES string of the molecule is CCN(CC1CCCCN1)c1c(C#N)c(C)nn1C. The molecule has 1 atom stereocenters. The second kappa shape index (κ2) is 6.07. The molecule has 1 unspecified atom stereocenters. The molecule has 1 saturated heterocycles. The summed E-state index contributed by atoms with van der Waals surface area (Å²) in [6, 6.07) is 2.81. The highest BCUT2D eigenvalue weighted by atomic mass is 15.4. The van der Waals surface area contributed by atoms with E-state index in [2.05, 4.69) is 28.3 Å². The first-order valence-corrected chi connectivity index (χ1v) is 7.09. The van der Waals surface area contributed by atoms with Crippen LogP contribution in [0, 0.1) is 18.3 Å². The third kappa shape index (κ3) is 2.90. The van der Waals surface area contributed by atoms with Crippen molar-refractivity contribution in [2.24, 2.45) is 7.05 Å². The van der Waals surface area contributed by atoms with Crippen LogP contribution in [-0.2, 0) is 7.05 Å². The fourth-order valence-electron chi connectivity index (χ4n) is 2.85. The first-order chi connectivity index (χ1) is 9.17. The fraction of sp³-hybridized carbons (Fsp3) is 0.714. The quantitative estimate of drug-likeness (QED) is 0.894. The Morgan fingerprint density at radius 2 is 2.32 bits per heavy atom. The third-order valence-corrected chi connectivity index (χ3v) is 3.84. The lowest BCUT2D eigenvalue weighted by atomic mass is 10.0. The number of aromatic nitrogens is 2. The minimum absolute atomic E-state index is 0.524. The molecule has 1 aliphatic heterocycles. The van der Waals surface area contributed by atoms with Gasteiger partial charge >= 0.3 is 0 Å². The van der Waals surface area contributed by atoms with Crippen LogP contribution in [0.25, 0.3) is 0 Å². The number of hydrogen-bond donors (Lipinski definition) is 1. The highest BCUT2D eigenvalue weighted by Crippen LogP contribution is 2.23. The molecule has 0 amide bonds. The maximum atomic E-state index is 9.32. The zero-order valence-corrected chi connectivity index (χ0v) is 12.1. The lowest BCUT2D eigenvalue weighted by Gasteiger charge is -2.31. The van der Waals surface area contributed by atoms with Crippen LogP contribution in [0.4, 0.5) is 5.82 Å². The van der Waals surface area contributed by atoms with Crippen LogP contribution in [0.2, 0.25) is 0 Å². The molecule has 0 radical (unpaired) electrons. The van der Waals surface area contributed by atoms with Crippen LogP contribution in [0.1, 0.15) is 37.4 Å². The van der Waals surface area contributed by atoms with Gasteiger partial charge in [0.25, 0.3) is 0 Å². The molecule has 0 aromatic carbocycles. The van der Waals surface area contributed by atoms with Gasteiger partial charge in [0.1, 0.15) is 17.5 Å². The Morgan fingerprint density at radius 3 is 2.89 bits per heavy atom. The maximum Gasteiger partial charge on any atom is 0.145 e. The van der Waals surface area contributed by atoms with Gasteiger partial charge in [0, 0.05) is 26.2 Å². The highest BCUT2D eigenvalue weighted by molar-refractivity contribution is 5.57. The van der Waals surface area contributed by atoms with Crippen molar-refractivity contribution in [3.05, 3.63) is 11.3 Å². The van der Waals surface area contributed by atoms with Crippen LogP contribution in [0.15, 0.2) is 0 Å². The van der Waals surface area contributed by atoms with Crippen LogP contribution in [-0.4, -0.2) is 35.5 Å². The monoisotopic (exact) mass is 261 g/mol. The number of nitrogens with zero attached hydrogens (tertiary/aromatic N) is 4. The number of aryl methyl sites for hydroxylation is 2. The van der Waals surface area contributed by atoms with Crippen LogP contribution in [0.3, 0.4) is 0 Å². The Balaban J connectivity index is 2.19. The van der Waals surface area contributed by atoms with Gasteiger partial charge in [0.15, 0.2) is 0 Å². The average molecular weight is 261 g/mol. The predicted molar refractivity (Wildman–Crippen MR) is 76.2 cm³/mol. The second-order valence-corrected chi connectivity index (χ2v) is 5.20. The number of rotatable bonds is 4. The first-order valence-electron chi connectivity index (χ1n) is 7.09. The van der Waals surface area contributed by atoms with Gasteiger partial charge in [-0.25, -0.2) is 0 Å². The molecule has 19 heavy (non-hydrogen) atoms. The van der Waals surface area contributed by atoms with E-state index in [4.69, 9.17) is 0 Å². The van der Waals surface area contributed by atoms with Crippen molar-refractivity contribution in [3.63, 3.8) is 0 Å². The summed E-state index contributed by atoms with van der Waals surface area (Å²) in [4.78, 5) is 2.27. The summed E-state index contributed by atoms with van der Waals surface area (Å²) < 4.78 is 1.83. The summed E-state index contributed by atoms with van der Waals surface area (Å²) >= 11 is 0. The molecule has 5 nitrogen and oxygen atoms in total. The van der Waals surface area contributed by atoms with E-state index in [-0.39, 0.29) is 0 Å². The van der Waals surface area contributed by atoms with E-state index < -0.39 is 0 Å². The van der Waals surface area contributed by atoms with E-state index in [0.29, 0.717) is 11.6 Å². The highest BCUT2D eigenvalue weighted by Gasteiger charge is 2.22. The molecular formula is C14H23N5. The summed E-state index contributed by atoms with van der Waals surface area (Å²) in [6.07, 6.45) is 3.79. The Hall–Kier alpha value is -1.54. The third-order valence-electron chi connectivity index (χ3n) is 3.84. The number of piperidine rings is 1. The fourth-order valence-corrected chi connectivity index (χ4v) is 2.85. The molecule has 1 aliphatic rings. The lowest BCUT2D eigenvalue weighted by Crippen LogP contribution is -2.44. The summed E-state index contributed by atoms with van der Waals surface area (Å²) in [6.45, 7) is 6.98. The summed E-state index contributed by atoms with van der Waals surface area (Å²) in [5.41, 5.74) is 1.52. The van der Waals surface area contributed by atoms with E-state index in [1.54, 1.807) is 0 Å². The van der Waals surface area contributed by atoms with Crippen LogP contribution in [0.5, 0.6) is 0 Å². The van der Waals surface area contributed by atoms with Crippen molar-refractivity contribution >= 4 is 5.82 Å². The van der Waals surface area contributed by atoms with Crippen molar-refractivity contribution in [2.45, 2.75) is 39.2 Å². The molecule has 2 rings (SSSR count). The Kier molecular flexibility index (Phi) is 4.43. The van der Waals surface area contributed by atoms with Gasteiger partial charge in [0.2, 0.25) is 0 Å².